The van der Waals surface area contributed by atoms with Crippen molar-refractivity contribution in [2.24, 2.45) is 0 Å². The molecule has 0 amide bonds. The fourth-order valence-corrected chi connectivity index (χ4v) is 8.96. The number of hydrogen-bond acceptors (Lipinski definition) is 7. The smallest absolute Gasteiger partial charge is 0.201 e. The molecule has 0 saturated carbocycles. The van der Waals surface area contributed by atoms with Gasteiger partial charge < -0.3 is 18.9 Å². The van der Waals surface area contributed by atoms with E-state index >= 15 is 14.4 Å². The number of rotatable bonds is 16. The molecule has 5 rings (SSSR count). The van der Waals surface area contributed by atoms with E-state index in [-0.39, 0.29) is 28.8 Å². The minimum absolute atomic E-state index is 0.246. The molecule has 0 aromatic heterocycles. The van der Waals surface area contributed by atoms with Gasteiger partial charge in [0.2, 0.25) is 17.3 Å². The molecule has 0 unspecified atom stereocenters. The fraction of sp³-hybridized carbons (Fsp3) is 0.550. The number of carbonyl (C=O) groups is 3. The van der Waals surface area contributed by atoms with E-state index < -0.39 is 21.7 Å². The summed E-state index contributed by atoms with van der Waals surface area (Å²) in [4.78, 5) is 48.7. The van der Waals surface area contributed by atoms with Crippen LogP contribution in [0.1, 0.15) is 243 Å². The molecule has 0 N–H and O–H groups in total. The van der Waals surface area contributed by atoms with Crippen LogP contribution in [-0.2, 0) is 28.1 Å². The summed E-state index contributed by atoms with van der Waals surface area (Å²) in [7, 11) is 0. The SMILES string of the molecule is CCCCOc1c2ccc(C(C)(C)C)c1C(=O)c1ccc(C(C)(C)C)c(c1OCCCC)C(=O)c1c(C(C)(C)C)ccc(c1OCCCC)C(=O)c1c(C(C)(C)C)ccc(c1OCCCC)C2. The van der Waals surface area contributed by atoms with Crippen LogP contribution in [0.2, 0.25) is 0 Å². The maximum atomic E-state index is 16.5. The van der Waals surface area contributed by atoms with Crippen molar-refractivity contribution in [3.8, 4) is 23.0 Å². The van der Waals surface area contributed by atoms with Crippen molar-refractivity contribution in [2.45, 2.75) is 190 Å². The third-order valence-electron chi connectivity index (χ3n) is 12.8. The average molecular weight is 915 g/mol. The summed E-state index contributed by atoms with van der Waals surface area (Å²) in [5, 5.41) is 0. The van der Waals surface area contributed by atoms with E-state index in [4.69, 9.17) is 18.9 Å². The standard InChI is InChI=1S/C60H82O7/c1-17-21-33-64-53-38-25-29-42(57(5,6)7)46(53)50(61)40-27-31-44(59(11,12)13)48(55(40)66-35-23-19-3)52(63)49-45(60(14,15)16)32-28-41(56(49)67-36-24-20-4)51(62)47-43(58(8,9)10)30-26-39(37-38)54(47)65-34-22-18-2/h25-32H,17-24,33-37H2,1-16H3. The van der Waals surface area contributed by atoms with E-state index in [1.807, 2.05) is 24.3 Å². The molecule has 364 valence electrons. The Morgan fingerprint density at radius 1 is 0.358 bits per heavy atom. The van der Waals surface area contributed by atoms with Crippen LogP contribution in [0.4, 0.5) is 0 Å². The van der Waals surface area contributed by atoms with Gasteiger partial charge in [0, 0.05) is 6.42 Å². The molecule has 0 atom stereocenters. The van der Waals surface area contributed by atoms with Gasteiger partial charge in [-0.15, -0.1) is 0 Å². The summed E-state index contributed by atoms with van der Waals surface area (Å²) in [6.45, 7) is 35.0. The van der Waals surface area contributed by atoms with Gasteiger partial charge in [-0.3, -0.25) is 14.4 Å². The van der Waals surface area contributed by atoms with E-state index in [0.29, 0.717) is 90.6 Å². The summed E-state index contributed by atoms with van der Waals surface area (Å²) in [6.07, 6.45) is 6.86. The molecule has 0 aliphatic heterocycles. The van der Waals surface area contributed by atoms with Crippen molar-refractivity contribution < 1.29 is 33.3 Å². The van der Waals surface area contributed by atoms with E-state index in [1.54, 1.807) is 0 Å². The molecule has 7 nitrogen and oxygen atoms in total. The Morgan fingerprint density at radius 3 is 0.881 bits per heavy atom. The zero-order valence-corrected chi connectivity index (χ0v) is 44.2. The quantitative estimate of drug-likeness (QED) is 0.0911. The Hall–Kier alpha value is -4.91. The maximum Gasteiger partial charge on any atom is 0.201 e. The molecule has 0 fully saturated rings. The third kappa shape index (κ3) is 11.7. The number of ether oxygens (including phenoxy) is 4. The van der Waals surface area contributed by atoms with E-state index in [0.717, 1.165) is 71.9 Å². The molecule has 1 aliphatic rings. The monoisotopic (exact) mass is 915 g/mol. The van der Waals surface area contributed by atoms with Crippen LogP contribution in [0.5, 0.6) is 23.0 Å². The highest BCUT2D eigenvalue weighted by Gasteiger charge is 2.39. The first-order chi connectivity index (χ1) is 31.4. The van der Waals surface area contributed by atoms with Crippen molar-refractivity contribution in [3.63, 3.8) is 0 Å². The molecule has 8 bridgehead atoms. The number of fused-ring (bicyclic) bond motifs is 8. The number of benzene rings is 4. The number of hydrogen-bond donors (Lipinski definition) is 0. The van der Waals surface area contributed by atoms with Crippen LogP contribution in [0, 0.1) is 0 Å². The lowest BCUT2D eigenvalue weighted by molar-refractivity contribution is 0.102. The molecule has 4 aromatic rings. The van der Waals surface area contributed by atoms with Crippen molar-refractivity contribution in [1.29, 1.82) is 0 Å². The van der Waals surface area contributed by atoms with Gasteiger partial charge in [-0.2, -0.15) is 0 Å². The number of carbonyl (C=O) groups excluding carboxylic acids is 3. The lowest BCUT2D eigenvalue weighted by atomic mass is 9.74. The third-order valence-corrected chi connectivity index (χ3v) is 12.8. The topological polar surface area (TPSA) is 88.1 Å². The molecular weight excluding hydrogens is 833 g/mol. The molecule has 0 spiro atoms. The number of ketones is 3. The van der Waals surface area contributed by atoms with Crippen LogP contribution in [0.3, 0.4) is 0 Å². The van der Waals surface area contributed by atoms with Crippen LogP contribution >= 0.6 is 0 Å². The summed E-state index contributed by atoms with van der Waals surface area (Å²) in [6, 6.07) is 15.8. The van der Waals surface area contributed by atoms with E-state index in [1.165, 1.54) is 0 Å². The Balaban J connectivity index is 2.15. The molecule has 0 heterocycles. The summed E-state index contributed by atoms with van der Waals surface area (Å²) < 4.78 is 27.5. The summed E-state index contributed by atoms with van der Waals surface area (Å²) in [5.41, 5.74) is 4.75. The number of unbranched alkanes of at least 4 members (excludes halogenated alkanes) is 4. The van der Waals surface area contributed by atoms with Crippen LogP contribution < -0.4 is 18.9 Å². The molecule has 1 aliphatic carbocycles. The predicted octanol–water partition coefficient (Wildman–Crippen LogP) is 15.2. The molecule has 0 saturated heterocycles. The van der Waals surface area contributed by atoms with Crippen LogP contribution in [0.25, 0.3) is 0 Å². The lowest BCUT2D eigenvalue weighted by Gasteiger charge is -2.31. The summed E-state index contributed by atoms with van der Waals surface area (Å²) >= 11 is 0. The first-order valence-electron chi connectivity index (χ1n) is 25.3. The average Bonchev–Trinajstić information content (AvgIpc) is 3.24. The first kappa shape index (κ1) is 53.1. The van der Waals surface area contributed by atoms with Crippen molar-refractivity contribution >= 4 is 17.3 Å². The molecular formula is C60H82O7. The van der Waals surface area contributed by atoms with E-state index in [9.17, 15) is 0 Å². The van der Waals surface area contributed by atoms with Crippen molar-refractivity contribution in [2.75, 3.05) is 26.4 Å². The first-order valence-corrected chi connectivity index (χ1v) is 25.3. The normalized spacial score (nSPS) is 13.5. The molecule has 7 heteroatoms. The second-order valence-electron chi connectivity index (χ2n) is 22.7. The van der Waals surface area contributed by atoms with Gasteiger partial charge in [0.05, 0.1) is 59.8 Å². The van der Waals surface area contributed by atoms with Crippen LogP contribution in [0.15, 0.2) is 48.5 Å². The molecule has 0 radical (unpaired) electrons. The lowest BCUT2D eigenvalue weighted by Crippen LogP contribution is -2.26. The highest BCUT2D eigenvalue weighted by molar-refractivity contribution is 6.22. The van der Waals surface area contributed by atoms with Gasteiger partial charge in [0.1, 0.15) is 23.0 Å². The van der Waals surface area contributed by atoms with Crippen molar-refractivity contribution in [3.05, 3.63) is 115 Å². The van der Waals surface area contributed by atoms with Gasteiger partial charge >= 0.3 is 0 Å². The van der Waals surface area contributed by atoms with E-state index in [2.05, 4.69) is 135 Å². The largest absolute Gasteiger partial charge is 0.493 e. The Kier molecular flexibility index (Phi) is 17.1. The van der Waals surface area contributed by atoms with Gasteiger partial charge in [0.25, 0.3) is 0 Å². The second-order valence-corrected chi connectivity index (χ2v) is 22.7. The maximum absolute atomic E-state index is 16.5. The Morgan fingerprint density at radius 2 is 0.612 bits per heavy atom. The molecule has 67 heavy (non-hydrogen) atoms. The minimum atomic E-state index is -0.563. The highest BCUT2D eigenvalue weighted by Crippen LogP contribution is 2.47. The van der Waals surface area contributed by atoms with Gasteiger partial charge in [-0.1, -0.05) is 173 Å². The van der Waals surface area contributed by atoms with Gasteiger partial charge in [0.15, 0.2) is 0 Å². The Bertz CT molecular complexity index is 2260. The zero-order chi connectivity index (χ0) is 49.6. The second kappa shape index (κ2) is 21.6. The molecule has 4 aromatic carbocycles. The zero-order valence-electron chi connectivity index (χ0n) is 44.2. The fourth-order valence-electron chi connectivity index (χ4n) is 8.96. The van der Waals surface area contributed by atoms with Gasteiger partial charge in [-0.25, -0.2) is 0 Å². The Labute approximate surface area is 404 Å². The van der Waals surface area contributed by atoms with Gasteiger partial charge in [-0.05, 0) is 92.9 Å². The van der Waals surface area contributed by atoms with Crippen LogP contribution in [-0.4, -0.2) is 43.8 Å². The van der Waals surface area contributed by atoms with Crippen molar-refractivity contribution in [1.82, 2.24) is 0 Å². The highest BCUT2D eigenvalue weighted by atomic mass is 16.5. The minimum Gasteiger partial charge on any atom is -0.493 e. The predicted molar refractivity (Wildman–Crippen MR) is 275 cm³/mol. The summed E-state index contributed by atoms with van der Waals surface area (Å²) in [5.74, 6) is 0.612.